The van der Waals surface area contributed by atoms with Gasteiger partial charge >= 0.3 is 0 Å². The molecule has 1 unspecified atom stereocenters. The van der Waals surface area contributed by atoms with E-state index in [0.717, 1.165) is 37.2 Å². The van der Waals surface area contributed by atoms with Crippen LogP contribution in [0.2, 0.25) is 0 Å². The molecule has 0 saturated heterocycles. The molecule has 2 heterocycles. The van der Waals surface area contributed by atoms with Crippen molar-refractivity contribution in [1.82, 2.24) is 15.3 Å². The van der Waals surface area contributed by atoms with Crippen LogP contribution in [0, 0.1) is 5.41 Å². The van der Waals surface area contributed by atoms with Gasteiger partial charge in [0.05, 0.1) is 19.0 Å². The third kappa shape index (κ3) is 5.50. The fourth-order valence-electron chi connectivity index (χ4n) is 5.05. The summed E-state index contributed by atoms with van der Waals surface area (Å²) in [5, 5.41) is 6.28. The first-order valence-corrected chi connectivity index (χ1v) is 13.3. The molecule has 0 bridgehead atoms. The molecule has 9 heteroatoms. The van der Waals surface area contributed by atoms with Crippen LogP contribution in [0.15, 0.2) is 24.4 Å². The zero-order valence-electron chi connectivity index (χ0n) is 22.9. The molecule has 0 radical (unpaired) electrons. The molecule has 1 aliphatic carbocycles. The Morgan fingerprint density at radius 1 is 1.22 bits per heavy atom. The Labute approximate surface area is 220 Å². The van der Waals surface area contributed by atoms with Gasteiger partial charge in [0.1, 0.15) is 17.5 Å². The van der Waals surface area contributed by atoms with Gasteiger partial charge in [-0.3, -0.25) is 9.59 Å². The maximum Gasteiger partial charge on any atom is 0.251 e. The van der Waals surface area contributed by atoms with Crippen molar-refractivity contribution >= 4 is 35.0 Å². The number of aromatic nitrogens is 2. The van der Waals surface area contributed by atoms with Crippen molar-refractivity contribution in [2.45, 2.75) is 78.3 Å². The Kier molecular flexibility index (Phi) is 7.90. The zero-order chi connectivity index (χ0) is 26.7. The highest BCUT2D eigenvalue weighted by molar-refractivity contribution is 6.04. The maximum atomic E-state index is 13.1. The van der Waals surface area contributed by atoms with Crippen molar-refractivity contribution in [3.05, 3.63) is 30.0 Å². The Bertz CT molecular complexity index is 1140. The third-order valence-corrected chi connectivity index (χ3v) is 7.81. The molecule has 4 rings (SSSR count). The van der Waals surface area contributed by atoms with E-state index >= 15 is 0 Å². The first-order valence-electron chi connectivity index (χ1n) is 13.3. The van der Waals surface area contributed by atoms with Gasteiger partial charge in [-0.2, -0.15) is 4.98 Å². The van der Waals surface area contributed by atoms with E-state index in [1.54, 1.807) is 43.5 Å². The number of carbonyl (C=O) groups is 2. The SMILES string of the molecule is CCC1C(=O)N(C)c2cnc(Nc3ccc(C(=O)NCC(C)(C)CC)cc3OC)nc2N1C1CCCC1. The highest BCUT2D eigenvalue weighted by Crippen LogP contribution is 2.40. The maximum absolute atomic E-state index is 13.1. The van der Waals surface area contributed by atoms with Crippen LogP contribution in [-0.2, 0) is 4.79 Å². The lowest BCUT2D eigenvalue weighted by atomic mass is 9.90. The standard InChI is InChI=1S/C28H40N6O3/c1-7-21-26(36)33(5)22-16-29-27(32-24(22)34(21)19-11-9-10-12-19)31-20-14-13-18(15-23(20)37-6)25(35)30-17-28(3,4)8-2/h13-16,19,21H,7-12,17H2,1-6H3,(H,30,35)(H,29,31,32). The largest absolute Gasteiger partial charge is 0.495 e. The number of fused-ring (bicyclic) bond motifs is 1. The van der Waals surface area contributed by atoms with E-state index in [9.17, 15) is 9.59 Å². The number of ether oxygens (including phenoxy) is 1. The monoisotopic (exact) mass is 508 g/mol. The van der Waals surface area contributed by atoms with Gasteiger partial charge in [-0.25, -0.2) is 4.98 Å². The molecule has 37 heavy (non-hydrogen) atoms. The van der Waals surface area contributed by atoms with Crippen LogP contribution in [0.5, 0.6) is 5.75 Å². The molecule has 0 spiro atoms. The molecule has 2 aromatic rings. The molecule has 1 aromatic carbocycles. The molecular formula is C28H40N6O3. The van der Waals surface area contributed by atoms with Crippen LogP contribution in [0.4, 0.5) is 23.1 Å². The summed E-state index contributed by atoms with van der Waals surface area (Å²) in [6, 6.07) is 5.37. The van der Waals surface area contributed by atoms with E-state index in [1.165, 1.54) is 12.8 Å². The van der Waals surface area contributed by atoms with E-state index in [1.807, 2.05) is 0 Å². The van der Waals surface area contributed by atoms with Crippen LogP contribution >= 0.6 is 0 Å². The second-order valence-electron chi connectivity index (χ2n) is 10.8. The highest BCUT2D eigenvalue weighted by atomic mass is 16.5. The summed E-state index contributed by atoms with van der Waals surface area (Å²) in [5.41, 5.74) is 1.94. The van der Waals surface area contributed by atoms with Crippen LogP contribution in [0.3, 0.4) is 0 Å². The van der Waals surface area contributed by atoms with Gasteiger partial charge in [-0.05, 0) is 49.3 Å². The third-order valence-electron chi connectivity index (χ3n) is 7.81. The normalized spacial score (nSPS) is 18.1. The van der Waals surface area contributed by atoms with E-state index in [-0.39, 0.29) is 23.3 Å². The summed E-state index contributed by atoms with van der Waals surface area (Å²) in [5.74, 6) is 1.67. The molecule has 2 aliphatic rings. The van der Waals surface area contributed by atoms with Gasteiger partial charge in [-0.1, -0.05) is 40.5 Å². The minimum Gasteiger partial charge on any atom is -0.495 e. The average Bonchev–Trinajstić information content (AvgIpc) is 3.44. The number of nitrogens with one attached hydrogen (secondary N) is 2. The topological polar surface area (TPSA) is 99.7 Å². The lowest BCUT2D eigenvalue weighted by molar-refractivity contribution is -0.120. The van der Waals surface area contributed by atoms with E-state index in [2.05, 4.69) is 48.2 Å². The number of hydrogen-bond donors (Lipinski definition) is 2. The number of hydrogen-bond acceptors (Lipinski definition) is 7. The van der Waals surface area contributed by atoms with Crippen LogP contribution < -0.4 is 25.2 Å². The molecule has 1 atom stereocenters. The molecule has 2 N–H and O–H groups in total. The van der Waals surface area contributed by atoms with Crippen molar-refractivity contribution in [1.29, 1.82) is 0 Å². The highest BCUT2D eigenvalue weighted by Gasteiger charge is 2.41. The van der Waals surface area contributed by atoms with Gasteiger partial charge in [0.15, 0.2) is 5.82 Å². The Morgan fingerprint density at radius 2 is 1.95 bits per heavy atom. The Morgan fingerprint density at radius 3 is 2.59 bits per heavy atom. The van der Waals surface area contributed by atoms with E-state index < -0.39 is 0 Å². The fraction of sp³-hybridized carbons (Fsp3) is 0.571. The quantitative estimate of drug-likeness (QED) is 0.497. The average molecular weight is 509 g/mol. The number of likely N-dealkylation sites (N-methyl/N-ethyl adjacent to an activating group) is 1. The number of benzene rings is 1. The predicted octanol–water partition coefficient (Wildman–Crippen LogP) is 4.90. The second kappa shape index (κ2) is 10.9. The van der Waals surface area contributed by atoms with Crippen LogP contribution in [0.1, 0.15) is 76.6 Å². The first-order chi connectivity index (χ1) is 17.7. The Hall–Kier alpha value is -3.36. The summed E-state index contributed by atoms with van der Waals surface area (Å²) >= 11 is 0. The number of anilines is 4. The minimum atomic E-state index is -0.228. The summed E-state index contributed by atoms with van der Waals surface area (Å²) < 4.78 is 5.59. The van der Waals surface area contributed by atoms with Gasteiger partial charge in [0.2, 0.25) is 11.9 Å². The fourth-order valence-corrected chi connectivity index (χ4v) is 5.05. The summed E-state index contributed by atoms with van der Waals surface area (Å²) in [6.45, 7) is 9.02. The smallest absolute Gasteiger partial charge is 0.251 e. The molecule has 1 fully saturated rings. The van der Waals surface area contributed by atoms with E-state index in [0.29, 0.717) is 35.5 Å². The molecule has 9 nitrogen and oxygen atoms in total. The van der Waals surface area contributed by atoms with E-state index in [4.69, 9.17) is 9.72 Å². The lowest BCUT2D eigenvalue weighted by Crippen LogP contribution is -2.55. The molecule has 1 aliphatic heterocycles. The predicted molar refractivity (Wildman–Crippen MR) is 147 cm³/mol. The number of amides is 2. The van der Waals surface area contributed by atoms with Gasteiger partial charge in [0.25, 0.3) is 5.91 Å². The van der Waals surface area contributed by atoms with Crippen LogP contribution in [0.25, 0.3) is 0 Å². The number of carbonyl (C=O) groups excluding carboxylic acids is 2. The number of nitrogens with zero attached hydrogens (tertiary/aromatic N) is 4. The van der Waals surface area contributed by atoms with Crippen molar-refractivity contribution in [3.63, 3.8) is 0 Å². The first kappa shape index (κ1) is 26.7. The summed E-state index contributed by atoms with van der Waals surface area (Å²) in [4.78, 5) is 39.1. The van der Waals surface area contributed by atoms with Crippen molar-refractivity contribution in [3.8, 4) is 5.75 Å². The van der Waals surface area contributed by atoms with Crippen LogP contribution in [-0.4, -0.2) is 54.6 Å². The molecule has 1 saturated carbocycles. The number of rotatable bonds is 9. The van der Waals surface area contributed by atoms with Gasteiger partial charge in [-0.15, -0.1) is 0 Å². The zero-order valence-corrected chi connectivity index (χ0v) is 22.9. The molecule has 200 valence electrons. The Balaban J connectivity index is 1.60. The van der Waals surface area contributed by atoms with Crippen molar-refractivity contribution in [2.75, 3.05) is 35.8 Å². The molecule has 2 amide bonds. The van der Waals surface area contributed by atoms with Gasteiger partial charge in [0, 0.05) is 25.2 Å². The van der Waals surface area contributed by atoms with Crippen molar-refractivity contribution < 1.29 is 14.3 Å². The number of methoxy groups -OCH3 is 1. The summed E-state index contributed by atoms with van der Waals surface area (Å²) in [6.07, 6.45) is 7.86. The minimum absolute atomic E-state index is 0.0346. The second-order valence-corrected chi connectivity index (χ2v) is 10.8. The summed E-state index contributed by atoms with van der Waals surface area (Å²) in [7, 11) is 3.37. The molecular weight excluding hydrogens is 468 g/mol. The lowest BCUT2D eigenvalue weighted by Gasteiger charge is -2.43. The van der Waals surface area contributed by atoms with Gasteiger partial charge < -0.3 is 25.2 Å². The van der Waals surface area contributed by atoms with Crippen molar-refractivity contribution in [2.24, 2.45) is 5.41 Å². The molecule has 1 aromatic heterocycles.